The Hall–Kier alpha value is -3.90. The number of ether oxygens (including phenoxy) is 1. The first-order valence-electron chi connectivity index (χ1n) is 11.3. The Labute approximate surface area is 196 Å². The smallest absolute Gasteiger partial charge is 0.237 e. The maximum absolute atomic E-state index is 13.8. The molecule has 3 aromatic rings. The van der Waals surface area contributed by atoms with Gasteiger partial charge in [-0.25, -0.2) is 0 Å². The lowest BCUT2D eigenvalue weighted by Gasteiger charge is -2.27. The van der Waals surface area contributed by atoms with Crippen molar-refractivity contribution in [3.8, 4) is 0 Å². The molecule has 2 amide bonds. The van der Waals surface area contributed by atoms with Gasteiger partial charge in [-0.3, -0.25) is 24.1 Å². The molecule has 34 heavy (non-hydrogen) atoms. The van der Waals surface area contributed by atoms with Crippen molar-refractivity contribution >= 4 is 23.4 Å². The van der Waals surface area contributed by atoms with E-state index >= 15 is 0 Å². The van der Waals surface area contributed by atoms with Gasteiger partial charge in [0.15, 0.2) is 0 Å². The Kier molecular flexibility index (Phi) is 4.44. The van der Waals surface area contributed by atoms with Crippen molar-refractivity contribution in [3.05, 3.63) is 107 Å². The van der Waals surface area contributed by atoms with Crippen molar-refractivity contribution in [1.29, 1.82) is 0 Å². The number of likely N-dealkylation sites (tertiary alicyclic amines) is 1. The van der Waals surface area contributed by atoms with Gasteiger partial charge in [-0.2, -0.15) is 0 Å². The molecule has 0 bridgehead atoms. The molecule has 0 aromatic heterocycles. The molecule has 2 fully saturated rings. The summed E-state index contributed by atoms with van der Waals surface area (Å²) in [5.41, 5.74) is 0.917. The van der Waals surface area contributed by atoms with E-state index in [0.29, 0.717) is 5.56 Å². The highest BCUT2D eigenvalue weighted by Crippen LogP contribution is 2.57. The topological polar surface area (TPSA) is 80.8 Å². The number of ketones is 2. The second-order valence-corrected chi connectivity index (χ2v) is 9.14. The number of fused-ring (bicyclic) bond motifs is 3. The third-order valence-corrected chi connectivity index (χ3v) is 7.20. The molecule has 3 aliphatic rings. The van der Waals surface area contributed by atoms with Crippen molar-refractivity contribution in [2.45, 2.75) is 25.2 Å². The van der Waals surface area contributed by atoms with Crippen LogP contribution in [0.3, 0.4) is 0 Å². The van der Waals surface area contributed by atoms with Gasteiger partial charge in [0.2, 0.25) is 29.0 Å². The van der Waals surface area contributed by atoms with E-state index < -0.39 is 46.9 Å². The Balaban J connectivity index is 1.49. The maximum Gasteiger partial charge on any atom is 0.237 e. The fraction of sp³-hybridized carbons (Fsp3) is 0.214. The van der Waals surface area contributed by atoms with E-state index in [-0.39, 0.29) is 17.7 Å². The first-order valence-corrected chi connectivity index (χ1v) is 11.3. The van der Waals surface area contributed by atoms with E-state index in [9.17, 15) is 19.2 Å². The summed E-state index contributed by atoms with van der Waals surface area (Å²) in [6.45, 7) is 2.02. The summed E-state index contributed by atoms with van der Waals surface area (Å²) in [5, 5.41) is 0. The highest BCUT2D eigenvalue weighted by atomic mass is 16.5. The van der Waals surface area contributed by atoms with Crippen molar-refractivity contribution < 1.29 is 23.9 Å². The van der Waals surface area contributed by atoms with Gasteiger partial charge < -0.3 is 4.74 Å². The molecule has 6 nitrogen and oxygen atoms in total. The Bertz CT molecular complexity index is 1330. The van der Waals surface area contributed by atoms with E-state index in [0.717, 1.165) is 11.1 Å². The second kappa shape index (κ2) is 7.30. The number of imide groups is 1. The number of Topliss-reactive ketones (excluding diaryl/α,β-unsaturated/α-hetero) is 2. The van der Waals surface area contributed by atoms with Crippen LogP contribution in [0.4, 0.5) is 0 Å². The van der Waals surface area contributed by atoms with Crippen LogP contribution in [0.5, 0.6) is 0 Å². The van der Waals surface area contributed by atoms with E-state index in [2.05, 4.69) is 0 Å². The summed E-state index contributed by atoms with van der Waals surface area (Å²) in [4.78, 5) is 56.0. The molecule has 2 heterocycles. The molecule has 1 spiro atoms. The minimum absolute atomic E-state index is 0.0809. The van der Waals surface area contributed by atoms with Gasteiger partial charge in [-0.05, 0) is 18.1 Å². The van der Waals surface area contributed by atoms with E-state index in [1.807, 2.05) is 61.5 Å². The van der Waals surface area contributed by atoms with Crippen LogP contribution in [-0.2, 0) is 20.9 Å². The van der Waals surface area contributed by atoms with Crippen molar-refractivity contribution in [1.82, 2.24) is 4.90 Å². The molecule has 0 N–H and O–H groups in total. The van der Waals surface area contributed by atoms with Gasteiger partial charge in [0.25, 0.3) is 0 Å². The molecule has 2 saturated heterocycles. The number of carbonyl (C=O) groups is 4. The molecule has 3 aromatic carbocycles. The van der Waals surface area contributed by atoms with Gasteiger partial charge in [-0.15, -0.1) is 0 Å². The van der Waals surface area contributed by atoms with Crippen LogP contribution in [0.2, 0.25) is 0 Å². The molecule has 0 unspecified atom stereocenters. The monoisotopic (exact) mass is 451 g/mol. The first kappa shape index (κ1) is 20.7. The van der Waals surface area contributed by atoms with E-state index in [1.165, 1.54) is 4.90 Å². The summed E-state index contributed by atoms with van der Waals surface area (Å²) in [5.74, 6) is -4.20. The molecular weight excluding hydrogens is 430 g/mol. The normalized spacial score (nSPS) is 24.7. The lowest BCUT2D eigenvalue weighted by Crippen LogP contribution is -2.50. The standard InChI is InChI=1S/C28H21NO5/c1-16-11-13-18(14-12-16)23-21-22(27(33)29(26(21)32)15-17-7-3-2-4-8-17)28(34-23)24(30)19-9-5-6-10-20(19)25(28)31/h2-14,21-23H,15H2,1H3/t21-,22-,23+/m1/s1. The van der Waals surface area contributed by atoms with Crippen LogP contribution >= 0.6 is 0 Å². The van der Waals surface area contributed by atoms with Crippen molar-refractivity contribution in [2.24, 2.45) is 11.8 Å². The zero-order valence-corrected chi connectivity index (χ0v) is 18.4. The van der Waals surface area contributed by atoms with Gasteiger partial charge >= 0.3 is 0 Å². The van der Waals surface area contributed by atoms with Gasteiger partial charge in [-0.1, -0.05) is 84.4 Å². The number of hydrogen-bond acceptors (Lipinski definition) is 5. The van der Waals surface area contributed by atoms with Crippen LogP contribution in [-0.4, -0.2) is 33.9 Å². The number of carbonyl (C=O) groups excluding carboxylic acids is 4. The van der Waals surface area contributed by atoms with Gasteiger partial charge in [0.1, 0.15) is 0 Å². The molecule has 168 valence electrons. The van der Waals surface area contributed by atoms with Crippen molar-refractivity contribution in [2.75, 3.05) is 0 Å². The summed E-state index contributed by atoms with van der Waals surface area (Å²) in [6.07, 6.45) is -0.884. The van der Waals surface area contributed by atoms with Crippen molar-refractivity contribution in [3.63, 3.8) is 0 Å². The summed E-state index contributed by atoms with van der Waals surface area (Å²) >= 11 is 0. The maximum atomic E-state index is 13.8. The molecular formula is C28H21NO5. The molecule has 6 rings (SSSR count). The average molecular weight is 451 g/mol. The van der Waals surface area contributed by atoms with Crippen LogP contribution in [0.1, 0.15) is 43.5 Å². The highest BCUT2D eigenvalue weighted by Gasteiger charge is 2.74. The molecule has 3 atom stereocenters. The van der Waals surface area contributed by atoms with Crippen LogP contribution in [0, 0.1) is 18.8 Å². The molecule has 0 saturated carbocycles. The third-order valence-electron chi connectivity index (χ3n) is 7.20. The molecule has 2 aliphatic heterocycles. The number of rotatable bonds is 3. The second-order valence-electron chi connectivity index (χ2n) is 9.14. The lowest BCUT2D eigenvalue weighted by atomic mass is 9.77. The number of benzene rings is 3. The molecule has 6 heteroatoms. The van der Waals surface area contributed by atoms with Crippen LogP contribution in [0.15, 0.2) is 78.9 Å². The fourth-order valence-electron chi connectivity index (χ4n) is 5.56. The lowest BCUT2D eigenvalue weighted by molar-refractivity contribution is -0.145. The summed E-state index contributed by atoms with van der Waals surface area (Å²) < 4.78 is 6.28. The average Bonchev–Trinajstić information content (AvgIpc) is 3.41. The van der Waals surface area contributed by atoms with Crippen LogP contribution in [0.25, 0.3) is 0 Å². The van der Waals surface area contributed by atoms with E-state index in [4.69, 9.17) is 4.74 Å². The van der Waals surface area contributed by atoms with E-state index in [1.54, 1.807) is 24.3 Å². The van der Waals surface area contributed by atoms with Gasteiger partial charge in [0, 0.05) is 11.1 Å². The number of nitrogens with zero attached hydrogens (tertiary/aromatic N) is 1. The number of aryl methyl sites for hydroxylation is 1. The molecule has 1 aliphatic carbocycles. The number of amides is 2. The fourth-order valence-corrected chi connectivity index (χ4v) is 5.56. The van der Waals surface area contributed by atoms with Crippen LogP contribution < -0.4 is 0 Å². The predicted octanol–water partition coefficient (Wildman–Crippen LogP) is 3.69. The number of hydrogen-bond donors (Lipinski definition) is 0. The highest BCUT2D eigenvalue weighted by molar-refractivity contribution is 6.35. The third kappa shape index (κ3) is 2.66. The largest absolute Gasteiger partial charge is 0.349 e. The minimum Gasteiger partial charge on any atom is -0.349 e. The Morgan fingerprint density at radius 3 is 1.97 bits per heavy atom. The quantitative estimate of drug-likeness (QED) is 0.448. The molecule has 0 radical (unpaired) electrons. The first-order chi connectivity index (χ1) is 16.4. The SMILES string of the molecule is Cc1ccc([C@@H]2OC3(C(=O)c4ccccc4C3=O)[C@H]3C(=O)N(Cc4ccccc4)C(=O)[C@@H]23)cc1. The van der Waals surface area contributed by atoms with Gasteiger partial charge in [0.05, 0.1) is 24.5 Å². The minimum atomic E-state index is -2.03. The Morgan fingerprint density at radius 2 is 1.35 bits per heavy atom. The predicted molar refractivity (Wildman–Crippen MR) is 122 cm³/mol. The Morgan fingerprint density at radius 1 is 0.765 bits per heavy atom. The zero-order chi connectivity index (χ0) is 23.6. The summed E-state index contributed by atoms with van der Waals surface area (Å²) in [7, 11) is 0. The summed E-state index contributed by atoms with van der Waals surface area (Å²) in [6, 6.07) is 23.1. The zero-order valence-electron chi connectivity index (χ0n) is 18.4.